The van der Waals surface area contributed by atoms with Crippen LogP contribution in [0.25, 0.3) is 17.0 Å². The van der Waals surface area contributed by atoms with Crippen molar-refractivity contribution in [1.82, 2.24) is 19.8 Å². The second-order valence-electron chi connectivity index (χ2n) is 8.63. The molecule has 0 bridgehead atoms. The summed E-state index contributed by atoms with van der Waals surface area (Å²) in [6.07, 6.45) is 6.53. The number of hydrogen-bond acceptors (Lipinski definition) is 3. The molecule has 5 rings (SSSR count). The minimum Gasteiger partial charge on any atom is -0.333 e. The molecule has 1 N–H and O–H groups in total. The Morgan fingerprint density at radius 3 is 2.69 bits per heavy atom. The molecular weight excluding hydrogens is 538 g/mol. The van der Waals surface area contributed by atoms with Gasteiger partial charge in [-0.15, -0.1) is 0 Å². The van der Waals surface area contributed by atoms with Gasteiger partial charge >= 0.3 is 6.03 Å². The molecule has 9 heteroatoms. The average molecular weight is 560 g/mol. The first kappa shape index (κ1) is 25.1. The smallest absolute Gasteiger partial charge is 0.326 e. The maximum Gasteiger partial charge on any atom is 0.326 e. The zero-order valence-corrected chi connectivity index (χ0v) is 22.2. The zero-order valence-electron chi connectivity index (χ0n) is 19.1. The minimum absolute atomic E-state index is 0.190. The number of carbonyl (C=O) groups excluding carboxylic acids is 1. The van der Waals surface area contributed by atoms with Gasteiger partial charge in [0.1, 0.15) is 5.15 Å². The van der Waals surface area contributed by atoms with Crippen LogP contribution >= 0.6 is 46.4 Å². The Hall–Kier alpha value is -2.54. The molecule has 1 aliphatic heterocycles. The van der Waals surface area contributed by atoms with Crippen molar-refractivity contribution in [3.05, 3.63) is 103 Å². The third-order valence-electron chi connectivity index (χ3n) is 6.25. The molecule has 0 saturated carbocycles. The van der Waals surface area contributed by atoms with Crippen LogP contribution in [-0.4, -0.2) is 33.6 Å². The van der Waals surface area contributed by atoms with Crippen molar-refractivity contribution in [2.24, 2.45) is 0 Å². The van der Waals surface area contributed by atoms with Gasteiger partial charge in [0.15, 0.2) is 0 Å². The molecular formula is C27H22Cl4N4O. The van der Waals surface area contributed by atoms with E-state index in [1.807, 2.05) is 42.5 Å². The predicted molar refractivity (Wildman–Crippen MR) is 148 cm³/mol. The molecule has 0 fully saturated rings. The number of nitrogens with zero attached hydrogens (tertiary/aromatic N) is 3. The molecule has 0 radical (unpaired) electrons. The van der Waals surface area contributed by atoms with Gasteiger partial charge in [0, 0.05) is 54.9 Å². The largest absolute Gasteiger partial charge is 0.333 e. The molecule has 1 aliphatic rings. The molecule has 1 amide bonds. The number of carbonyl (C=O) groups is 1. The lowest BCUT2D eigenvalue weighted by Crippen LogP contribution is -2.34. The number of nitrogens with one attached hydrogen (secondary N) is 1. The summed E-state index contributed by atoms with van der Waals surface area (Å²) in [5, 5.41) is 6.12. The number of halogens is 4. The van der Waals surface area contributed by atoms with Gasteiger partial charge < -0.3 is 5.32 Å². The van der Waals surface area contributed by atoms with Crippen molar-refractivity contribution in [2.45, 2.75) is 19.5 Å². The van der Waals surface area contributed by atoms with Gasteiger partial charge in [0.05, 0.1) is 15.6 Å². The third-order valence-corrected chi connectivity index (χ3v) is 7.43. The van der Waals surface area contributed by atoms with Crippen molar-refractivity contribution in [3.63, 3.8) is 0 Å². The molecule has 0 unspecified atom stereocenters. The number of amides is 1. The number of hydrogen-bond donors (Lipinski definition) is 1. The van der Waals surface area contributed by atoms with Crippen molar-refractivity contribution in [1.29, 1.82) is 0 Å². The summed E-state index contributed by atoms with van der Waals surface area (Å²) in [5.74, 6) is 0. The highest BCUT2D eigenvalue weighted by molar-refractivity contribution is 6.42. The first-order valence-corrected chi connectivity index (χ1v) is 12.9. The van der Waals surface area contributed by atoms with E-state index in [2.05, 4.69) is 21.3 Å². The Morgan fingerprint density at radius 1 is 1.03 bits per heavy atom. The van der Waals surface area contributed by atoms with Crippen LogP contribution in [0.2, 0.25) is 20.2 Å². The summed E-state index contributed by atoms with van der Waals surface area (Å²) >= 11 is 24.4. The topological polar surface area (TPSA) is 50.2 Å². The second kappa shape index (κ2) is 10.8. The fourth-order valence-corrected chi connectivity index (χ4v) is 5.21. The van der Waals surface area contributed by atoms with Crippen LogP contribution in [0, 0.1) is 0 Å². The lowest BCUT2D eigenvalue weighted by molar-refractivity contribution is 0.240. The third kappa shape index (κ3) is 5.41. The fraction of sp³-hybridized carbons (Fsp3) is 0.185. The molecule has 4 aromatic rings. The maximum absolute atomic E-state index is 13.3. The Balaban J connectivity index is 1.36. The van der Waals surface area contributed by atoms with Crippen LogP contribution in [0.3, 0.4) is 0 Å². The lowest BCUT2D eigenvalue weighted by atomic mass is 10.0. The van der Waals surface area contributed by atoms with Crippen LogP contribution in [0.5, 0.6) is 0 Å². The van der Waals surface area contributed by atoms with Crippen molar-refractivity contribution in [2.75, 3.05) is 13.1 Å². The molecule has 5 nitrogen and oxygen atoms in total. The highest BCUT2D eigenvalue weighted by Crippen LogP contribution is 2.32. The monoisotopic (exact) mass is 558 g/mol. The maximum atomic E-state index is 13.3. The number of aromatic nitrogens is 2. The van der Waals surface area contributed by atoms with Gasteiger partial charge in [-0.3, -0.25) is 9.47 Å². The summed E-state index contributed by atoms with van der Waals surface area (Å²) in [4.78, 5) is 19.7. The van der Waals surface area contributed by atoms with Crippen LogP contribution in [-0.2, 0) is 19.5 Å². The summed E-state index contributed by atoms with van der Waals surface area (Å²) < 4.78 is 1.77. The van der Waals surface area contributed by atoms with Crippen molar-refractivity contribution >= 4 is 69.4 Å². The summed E-state index contributed by atoms with van der Waals surface area (Å²) in [6, 6.07) is 14.7. The molecule has 2 aromatic heterocycles. The normalized spacial score (nSPS) is 13.9. The van der Waals surface area contributed by atoms with E-state index < -0.39 is 0 Å². The molecule has 2 aromatic carbocycles. The van der Waals surface area contributed by atoms with Crippen LogP contribution < -0.4 is 5.32 Å². The highest BCUT2D eigenvalue weighted by atomic mass is 35.5. The zero-order chi connectivity index (χ0) is 25.2. The molecule has 0 aliphatic carbocycles. The van der Waals surface area contributed by atoms with E-state index >= 15 is 0 Å². The van der Waals surface area contributed by atoms with E-state index in [0.717, 1.165) is 59.3 Å². The second-order valence-corrected chi connectivity index (χ2v) is 10.3. The van der Waals surface area contributed by atoms with Crippen molar-refractivity contribution in [3.8, 4) is 0 Å². The van der Waals surface area contributed by atoms with Gasteiger partial charge in [-0.1, -0.05) is 70.7 Å². The summed E-state index contributed by atoms with van der Waals surface area (Å²) in [5.41, 5.74) is 4.86. The molecule has 36 heavy (non-hydrogen) atoms. The Labute approximate surface area is 229 Å². The van der Waals surface area contributed by atoms with E-state index in [1.54, 1.807) is 22.9 Å². The molecule has 0 saturated heterocycles. The minimum atomic E-state index is -0.190. The van der Waals surface area contributed by atoms with Gasteiger partial charge in [-0.2, -0.15) is 0 Å². The molecule has 0 atom stereocenters. The van der Waals surface area contributed by atoms with Gasteiger partial charge in [-0.05, 0) is 53.1 Å². The van der Waals surface area contributed by atoms with Crippen LogP contribution in [0.15, 0.2) is 60.8 Å². The molecule has 3 heterocycles. The first-order valence-electron chi connectivity index (χ1n) is 11.4. The quantitative estimate of drug-likeness (QED) is 0.258. The average Bonchev–Trinajstić information content (AvgIpc) is 3.17. The number of pyridine rings is 1. The van der Waals surface area contributed by atoms with Gasteiger partial charge in [-0.25, -0.2) is 9.78 Å². The number of benzene rings is 2. The van der Waals surface area contributed by atoms with Gasteiger partial charge in [0.2, 0.25) is 0 Å². The standard InChI is InChI=1S/C27H22Cl4N4O/c28-19-4-5-20-21-16-34(10-1-2-17-3-6-22(29)23(30)12-17)11-8-24(21)35(25(20)14-19)27(36)33-15-18-7-9-32-26(31)13-18/h1-7,9,12-14H,8,10-11,15-16H2,(H,33,36). The predicted octanol–water partition coefficient (Wildman–Crippen LogP) is 7.48. The fourth-order valence-electron chi connectivity index (χ4n) is 4.54. The van der Waals surface area contributed by atoms with E-state index in [-0.39, 0.29) is 6.03 Å². The van der Waals surface area contributed by atoms with E-state index in [4.69, 9.17) is 46.4 Å². The van der Waals surface area contributed by atoms with E-state index in [0.29, 0.717) is 26.8 Å². The number of rotatable bonds is 5. The van der Waals surface area contributed by atoms with Gasteiger partial charge in [0.25, 0.3) is 0 Å². The lowest BCUT2D eigenvalue weighted by Gasteiger charge is -2.27. The molecule has 184 valence electrons. The van der Waals surface area contributed by atoms with Crippen LogP contribution in [0.1, 0.15) is 22.4 Å². The van der Waals surface area contributed by atoms with Crippen LogP contribution in [0.4, 0.5) is 4.79 Å². The Bertz CT molecular complexity index is 1480. The SMILES string of the molecule is O=C(NCc1ccnc(Cl)c1)n1c2c(c3ccc(Cl)cc31)CN(CC=Cc1ccc(Cl)c(Cl)c1)CC2. The Kier molecular flexibility index (Phi) is 7.56. The highest BCUT2D eigenvalue weighted by Gasteiger charge is 2.26. The first-order chi connectivity index (χ1) is 17.4. The Morgan fingerprint density at radius 2 is 1.89 bits per heavy atom. The summed E-state index contributed by atoms with van der Waals surface area (Å²) in [7, 11) is 0. The van der Waals surface area contributed by atoms with E-state index in [9.17, 15) is 4.79 Å². The number of fused-ring (bicyclic) bond motifs is 3. The molecule has 0 spiro atoms. The van der Waals surface area contributed by atoms with Crippen molar-refractivity contribution < 1.29 is 4.79 Å². The summed E-state index contributed by atoms with van der Waals surface area (Å²) in [6.45, 7) is 2.69. The van der Waals surface area contributed by atoms with E-state index in [1.165, 1.54) is 0 Å².